The van der Waals surface area contributed by atoms with E-state index in [4.69, 9.17) is 4.74 Å². The van der Waals surface area contributed by atoms with Crippen molar-refractivity contribution in [1.29, 1.82) is 0 Å². The van der Waals surface area contributed by atoms with Gasteiger partial charge in [0.15, 0.2) is 0 Å². The van der Waals surface area contributed by atoms with Crippen molar-refractivity contribution in [2.75, 3.05) is 11.9 Å². The molecular weight excluding hydrogens is 323 g/mol. The molecule has 0 aliphatic heterocycles. The molecule has 0 bridgehead atoms. The van der Waals surface area contributed by atoms with E-state index >= 15 is 0 Å². The van der Waals surface area contributed by atoms with Crippen LogP contribution in [0.4, 0.5) is 10.1 Å². The average molecular weight is 340 g/mol. The maximum atomic E-state index is 13.5. The van der Waals surface area contributed by atoms with Gasteiger partial charge in [0.25, 0.3) is 5.91 Å². The van der Waals surface area contributed by atoms with Gasteiger partial charge in [-0.15, -0.1) is 0 Å². The van der Waals surface area contributed by atoms with E-state index in [0.717, 1.165) is 6.07 Å². The number of nitrogens with one attached hydrogen (secondary N) is 1. The van der Waals surface area contributed by atoms with E-state index in [2.05, 4.69) is 5.32 Å². The number of halogens is 1. The summed E-state index contributed by atoms with van der Waals surface area (Å²) in [6.45, 7) is 2.29. The Bertz CT molecular complexity index is 1010. The van der Waals surface area contributed by atoms with Crippen molar-refractivity contribution in [3.8, 4) is 5.75 Å². The molecule has 128 valence electrons. The highest BCUT2D eigenvalue weighted by atomic mass is 19.1. The van der Waals surface area contributed by atoms with Crippen LogP contribution in [0.3, 0.4) is 0 Å². The second-order valence-corrected chi connectivity index (χ2v) is 5.53. The van der Waals surface area contributed by atoms with E-state index in [9.17, 15) is 14.0 Å². The first kappa shape index (κ1) is 16.7. The van der Waals surface area contributed by atoms with E-state index in [0.29, 0.717) is 23.6 Å². The minimum atomic E-state index is -0.570. The third kappa shape index (κ3) is 3.24. The van der Waals surface area contributed by atoms with Crippen molar-refractivity contribution in [2.24, 2.45) is 7.05 Å². The second-order valence-electron chi connectivity index (χ2n) is 5.53. The monoisotopic (exact) mass is 340 g/mol. The fourth-order valence-corrected chi connectivity index (χ4v) is 2.67. The van der Waals surface area contributed by atoms with E-state index in [-0.39, 0.29) is 10.9 Å². The van der Waals surface area contributed by atoms with Crippen molar-refractivity contribution in [2.45, 2.75) is 6.92 Å². The van der Waals surface area contributed by atoms with Crippen LogP contribution >= 0.6 is 0 Å². The van der Waals surface area contributed by atoms with E-state index < -0.39 is 17.2 Å². The molecule has 5 nitrogen and oxygen atoms in total. The zero-order valence-corrected chi connectivity index (χ0v) is 13.9. The molecule has 0 atom stereocenters. The van der Waals surface area contributed by atoms with Gasteiger partial charge in [-0.1, -0.05) is 12.1 Å². The molecule has 25 heavy (non-hydrogen) atoms. The Morgan fingerprint density at radius 1 is 1.24 bits per heavy atom. The highest BCUT2D eigenvalue weighted by molar-refractivity contribution is 6.06. The molecule has 2 aromatic carbocycles. The summed E-state index contributed by atoms with van der Waals surface area (Å²) >= 11 is 0. The number of amides is 1. The van der Waals surface area contributed by atoms with Crippen molar-refractivity contribution in [1.82, 2.24) is 4.57 Å². The van der Waals surface area contributed by atoms with Crippen LogP contribution in [0, 0.1) is 5.82 Å². The first-order chi connectivity index (χ1) is 12.0. The SMILES string of the molecule is CCOc1ccccc1NC(=O)c1cn(C)c2ccc(F)cc2c1=O. The van der Waals surface area contributed by atoms with Gasteiger partial charge in [0.1, 0.15) is 17.1 Å². The number of para-hydroxylation sites is 2. The fraction of sp³-hybridized carbons (Fsp3) is 0.158. The molecular formula is C19H17FN2O3. The number of carbonyl (C=O) groups excluding carboxylic acids is 1. The lowest BCUT2D eigenvalue weighted by molar-refractivity contribution is 0.102. The lowest BCUT2D eigenvalue weighted by Gasteiger charge is -2.12. The number of nitrogens with zero attached hydrogens (tertiary/aromatic N) is 1. The maximum Gasteiger partial charge on any atom is 0.261 e. The molecule has 3 aromatic rings. The zero-order chi connectivity index (χ0) is 18.0. The number of hydrogen-bond donors (Lipinski definition) is 1. The fourth-order valence-electron chi connectivity index (χ4n) is 2.67. The molecule has 1 heterocycles. The maximum absolute atomic E-state index is 13.5. The van der Waals surface area contributed by atoms with Crippen LogP contribution in [0.15, 0.2) is 53.5 Å². The molecule has 0 unspecified atom stereocenters. The molecule has 0 fully saturated rings. The number of fused-ring (bicyclic) bond motifs is 1. The molecule has 6 heteroatoms. The summed E-state index contributed by atoms with van der Waals surface area (Å²) < 4.78 is 20.6. The van der Waals surface area contributed by atoms with Gasteiger partial charge >= 0.3 is 0 Å². The highest BCUT2D eigenvalue weighted by Crippen LogP contribution is 2.24. The molecule has 0 aliphatic rings. The number of ether oxygens (including phenoxy) is 1. The van der Waals surface area contributed by atoms with Crippen LogP contribution in [0.2, 0.25) is 0 Å². The molecule has 1 amide bonds. The Balaban J connectivity index is 2.04. The van der Waals surface area contributed by atoms with E-state index in [1.54, 1.807) is 35.9 Å². The van der Waals surface area contributed by atoms with Crippen molar-refractivity contribution in [3.63, 3.8) is 0 Å². The molecule has 1 N–H and O–H groups in total. The molecule has 0 aliphatic carbocycles. The molecule has 0 radical (unpaired) electrons. The van der Waals surface area contributed by atoms with Crippen molar-refractivity contribution < 1.29 is 13.9 Å². The summed E-state index contributed by atoms with van der Waals surface area (Å²) in [6, 6.07) is 10.9. The topological polar surface area (TPSA) is 60.3 Å². The normalized spacial score (nSPS) is 10.7. The number of anilines is 1. The zero-order valence-electron chi connectivity index (χ0n) is 13.9. The van der Waals surface area contributed by atoms with Gasteiger partial charge in [-0.25, -0.2) is 4.39 Å². The largest absolute Gasteiger partial charge is 0.492 e. The summed E-state index contributed by atoms with van der Waals surface area (Å²) in [5, 5.41) is 2.85. The van der Waals surface area contributed by atoms with Crippen molar-refractivity contribution >= 4 is 22.5 Å². The quantitative estimate of drug-likeness (QED) is 0.792. The predicted molar refractivity (Wildman–Crippen MR) is 94.7 cm³/mol. The van der Waals surface area contributed by atoms with Gasteiger partial charge < -0.3 is 14.6 Å². The van der Waals surface area contributed by atoms with Gasteiger partial charge in [0, 0.05) is 18.6 Å². The number of rotatable bonds is 4. The lowest BCUT2D eigenvalue weighted by Crippen LogP contribution is -2.23. The minimum absolute atomic E-state index is 0.0631. The van der Waals surface area contributed by atoms with Crippen LogP contribution in [-0.2, 0) is 7.05 Å². The molecule has 1 aromatic heterocycles. The molecule has 0 saturated heterocycles. The number of hydrogen-bond acceptors (Lipinski definition) is 3. The number of aryl methyl sites for hydroxylation is 1. The van der Waals surface area contributed by atoms with Gasteiger partial charge in [0.05, 0.1) is 17.8 Å². The Hall–Kier alpha value is -3.15. The summed E-state index contributed by atoms with van der Waals surface area (Å²) in [5.41, 5.74) is 0.444. The smallest absolute Gasteiger partial charge is 0.261 e. The number of benzene rings is 2. The number of aromatic nitrogens is 1. The average Bonchev–Trinajstić information content (AvgIpc) is 2.60. The number of carbonyl (C=O) groups is 1. The van der Waals surface area contributed by atoms with E-state index in [1.165, 1.54) is 18.3 Å². The molecule has 0 spiro atoms. The first-order valence-electron chi connectivity index (χ1n) is 7.83. The van der Waals surface area contributed by atoms with Gasteiger partial charge in [-0.3, -0.25) is 9.59 Å². The Morgan fingerprint density at radius 2 is 2.00 bits per heavy atom. The van der Waals surface area contributed by atoms with Crippen LogP contribution in [0.1, 0.15) is 17.3 Å². The summed E-state index contributed by atoms with van der Waals surface area (Å²) in [6.07, 6.45) is 1.45. The van der Waals surface area contributed by atoms with Crippen LogP contribution in [0.25, 0.3) is 10.9 Å². The summed E-state index contributed by atoms with van der Waals surface area (Å²) in [4.78, 5) is 25.2. The lowest BCUT2D eigenvalue weighted by atomic mass is 10.1. The second kappa shape index (κ2) is 6.76. The Kier molecular flexibility index (Phi) is 4.52. The Labute approximate surface area is 143 Å². The van der Waals surface area contributed by atoms with Gasteiger partial charge in [-0.05, 0) is 37.3 Å². The van der Waals surface area contributed by atoms with Crippen LogP contribution in [-0.4, -0.2) is 17.1 Å². The standard InChI is InChI=1S/C19H17FN2O3/c1-3-25-17-7-5-4-6-15(17)21-19(24)14-11-22(2)16-9-8-12(20)10-13(16)18(14)23/h4-11H,3H2,1-2H3,(H,21,24). The Morgan fingerprint density at radius 3 is 2.76 bits per heavy atom. The van der Waals surface area contributed by atoms with Crippen LogP contribution < -0.4 is 15.5 Å². The summed E-state index contributed by atoms with van der Waals surface area (Å²) in [7, 11) is 1.70. The predicted octanol–water partition coefficient (Wildman–Crippen LogP) is 3.33. The van der Waals surface area contributed by atoms with E-state index in [1.807, 2.05) is 6.92 Å². The van der Waals surface area contributed by atoms with Gasteiger partial charge in [0.2, 0.25) is 5.43 Å². The first-order valence-corrected chi connectivity index (χ1v) is 7.83. The van der Waals surface area contributed by atoms with Crippen LogP contribution in [0.5, 0.6) is 5.75 Å². The highest BCUT2D eigenvalue weighted by Gasteiger charge is 2.16. The minimum Gasteiger partial charge on any atom is -0.492 e. The third-order valence-corrected chi connectivity index (χ3v) is 3.83. The van der Waals surface area contributed by atoms with Crippen molar-refractivity contribution in [3.05, 3.63) is 70.3 Å². The molecule has 3 rings (SSSR count). The van der Waals surface area contributed by atoms with Gasteiger partial charge in [-0.2, -0.15) is 0 Å². The third-order valence-electron chi connectivity index (χ3n) is 3.83. The summed E-state index contributed by atoms with van der Waals surface area (Å²) in [5.74, 6) is -0.579. The molecule has 0 saturated carbocycles. The number of pyridine rings is 1.